The van der Waals surface area contributed by atoms with Crippen molar-refractivity contribution in [3.63, 3.8) is 0 Å². The molecule has 0 aliphatic heterocycles. The van der Waals surface area contributed by atoms with E-state index in [-0.39, 0.29) is 10.9 Å². The van der Waals surface area contributed by atoms with Crippen molar-refractivity contribution in [2.45, 2.75) is 24.3 Å². The first-order valence-corrected chi connectivity index (χ1v) is 8.14. The Balaban J connectivity index is 2.06. The molecule has 2 aromatic rings. The number of hydrogen-bond acceptors (Lipinski definition) is 3. The highest BCUT2D eigenvalue weighted by atomic mass is 32.2. The molecular formula is C13H14FNO2S2. The molecule has 0 spiro atoms. The van der Waals surface area contributed by atoms with Gasteiger partial charge in [-0.05, 0) is 49.1 Å². The molecular weight excluding hydrogens is 285 g/mol. The monoisotopic (exact) mass is 299 g/mol. The van der Waals surface area contributed by atoms with Gasteiger partial charge in [0.1, 0.15) is 5.82 Å². The molecule has 19 heavy (non-hydrogen) atoms. The van der Waals surface area contributed by atoms with Crippen LogP contribution in [-0.4, -0.2) is 14.5 Å². The molecule has 0 radical (unpaired) electrons. The van der Waals surface area contributed by atoms with Crippen molar-refractivity contribution in [2.75, 3.05) is 0 Å². The van der Waals surface area contributed by atoms with E-state index < -0.39 is 15.8 Å². The van der Waals surface area contributed by atoms with Crippen LogP contribution in [0, 0.1) is 5.82 Å². The molecule has 1 unspecified atom stereocenters. The summed E-state index contributed by atoms with van der Waals surface area (Å²) in [6.07, 6.45) is 0.637. The molecule has 1 heterocycles. The summed E-state index contributed by atoms with van der Waals surface area (Å²) in [7, 11) is -3.59. The smallest absolute Gasteiger partial charge is 0.208 e. The lowest BCUT2D eigenvalue weighted by Gasteiger charge is -2.13. The van der Waals surface area contributed by atoms with Gasteiger partial charge < -0.3 is 0 Å². The van der Waals surface area contributed by atoms with Crippen LogP contribution in [0.15, 0.2) is 46.7 Å². The lowest BCUT2D eigenvalue weighted by molar-refractivity contribution is 0.560. The second kappa shape index (κ2) is 5.81. The number of sulfonamides is 1. The van der Waals surface area contributed by atoms with Gasteiger partial charge in [-0.15, -0.1) is 11.3 Å². The fourth-order valence-corrected chi connectivity index (χ4v) is 3.80. The molecule has 3 nitrogen and oxygen atoms in total. The van der Waals surface area contributed by atoms with Crippen LogP contribution in [0.3, 0.4) is 0 Å². The first-order chi connectivity index (χ1) is 8.97. The number of hydrogen-bond donors (Lipinski definition) is 1. The molecule has 0 aliphatic carbocycles. The Hall–Kier alpha value is -1.24. The van der Waals surface area contributed by atoms with E-state index in [1.54, 1.807) is 18.3 Å². The summed E-state index contributed by atoms with van der Waals surface area (Å²) in [6, 6.07) is 8.48. The molecule has 6 heteroatoms. The summed E-state index contributed by atoms with van der Waals surface area (Å²) in [5, 5.41) is 1.95. The number of rotatable bonds is 5. The highest BCUT2D eigenvalue weighted by Gasteiger charge is 2.17. The summed E-state index contributed by atoms with van der Waals surface area (Å²) in [6.45, 7) is 1.81. The van der Waals surface area contributed by atoms with Crippen molar-refractivity contribution in [3.8, 4) is 0 Å². The molecule has 1 aromatic carbocycles. The van der Waals surface area contributed by atoms with E-state index >= 15 is 0 Å². The Morgan fingerprint density at radius 3 is 2.53 bits per heavy atom. The zero-order valence-electron chi connectivity index (χ0n) is 10.3. The van der Waals surface area contributed by atoms with Gasteiger partial charge in [-0.2, -0.15) is 0 Å². The third-order valence-corrected chi connectivity index (χ3v) is 5.07. The molecule has 0 bridgehead atoms. The van der Waals surface area contributed by atoms with Gasteiger partial charge in [-0.3, -0.25) is 0 Å². The van der Waals surface area contributed by atoms with Crippen LogP contribution in [0.25, 0.3) is 0 Å². The summed E-state index contributed by atoms with van der Waals surface area (Å²) in [5.41, 5.74) is 0. The molecule has 2 rings (SSSR count). The van der Waals surface area contributed by atoms with Gasteiger partial charge in [0, 0.05) is 10.9 Å². The van der Waals surface area contributed by atoms with E-state index in [1.165, 1.54) is 12.1 Å². The van der Waals surface area contributed by atoms with E-state index in [4.69, 9.17) is 0 Å². The molecule has 0 aliphatic rings. The Morgan fingerprint density at radius 2 is 1.95 bits per heavy atom. The van der Waals surface area contributed by atoms with Crippen molar-refractivity contribution in [1.29, 1.82) is 0 Å². The van der Waals surface area contributed by atoms with E-state index in [0.29, 0.717) is 6.42 Å². The molecule has 102 valence electrons. The maximum atomic E-state index is 12.8. The summed E-state index contributed by atoms with van der Waals surface area (Å²) < 4.78 is 39.5. The van der Waals surface area contributed by atoms with Gasteiger partial charge in [0.15, 0.2) is 0 Å². The number of halogens is 1. The molecule has 1 atom stereocenters. The van der Waals surface area contributed by atoms with Crippen molar-refractivity contribution in [3.05, 3.63) is 52.5 Å². The number of nitrogens with one attached hydrogen (secondary N) is 1. The summed E-state index contributed by atoms with van der Waals surface area (Å²) in [5.74, 6) is -0.453. The van der Waals surface area contributed by atoms with Crippen molar-refractivity contribution in [1.82, 2.24) is 4.72 Å². The van der Waals surface area contributed by atoms with Crippen molar-refractivity contribution < 1.29 is 12.8 Å². The SMILES string of the molecule is CC(Cc1cccs1)NS(=O)(=O)c1ccc(F)cc1. The minimum atomic E-state index is -3.59. The van der Waals surface area contributed by atoms with Crippen LogP contribution in [-0.2, 0) is 16.4 Å². The van der Waals surface area contributed by atoms with Gasteiger partial charge in [-0.25, -0.2) is 17.5 Å². The normalized spacial score (nSPS) is 13.4. The molecule has 1 aromatic heterocycles. The Labute approximate surface area is 116 Å². The molecule has 0 amide bonds. The highest BCUT2D eigenvalue weighted by Crippen LogP contribution is 2.14. The molecule has 0 saturated carbocycles. The Bertz CT molecular complexity index is 621. The highest BCUT2D eigenvalue weighted by molar-refractivity contribution is 7.89. The first-order valence-electron chi connectivity index (χ1n) is 5.77. The second-order valence-corrected chi connectivity index (χ2v) is 7.01. The second-order valence-electron chi connectivity index (χ2n) is 4.26. The summed E-state index contributed by atoms with van der Waals surface area (Å²) >= 11 is 1.59. The Morgan fingerprint density at radius 1 is 1.26 bits per heavy atom. The van der Waals surface area contributed by atoms with E-state index in [0.717, 1.165) is 17.0 Å². The number of benzene rings is 1. The van der Waals surface area contributed by atoms with Crippen LogP contribution < -0.4 is 4.72 Å². The summed E-state index contributed by atoms with van der Waals surface area (Å²) in [4.78, 5) is 1.20. The predicted molar refractivity (Wildman–Crippen MR) is 74.2 cm³/mol. The van der Waals surface area contributed by atoms with Crippen LogP contribution in [0.2, 0.25) is 0 Å². The van der Waals surface area contributed by atoms with Gasteiger partial charge >= 0.3 is 0 Å². The minimum absolute atomic E-state index is 0.0759. The van der Waals surface area contributed by atoms with Crippen molar-refractivity contribution in [2.24, 2.45) is 0 Å². The first kappa shape index (κ1) is 14.2. The largest absolute Gasteiger partial charge is 0.240 e. The maximum Gasteiger partial charge on any atom is 0.240 e. The van der Waals surface area contributed by atoms with Crippen LogP contribution in [0.4, 0.5) is 4.39 Å². The Kier molecular flexibility index (Phi) is 4.34. The van der Waals surface area contributed by atoms with E-state index in [9.17, 15) is 12.8 Å². The van der Waals surface area contributed by atoms with E-state index in [2.05, 4.69) is 4.72 Å². The lowest BCUT2D eigenvalue weighted by atomic mass is 10.2. The van der Waals surface area contributed by atoms with Gasteiger partial charge in [0.05, 0.1) is 4.90 Å². The van der Waals surface area contributed by atoms with Crippen LogP contribution in [0.5, 0.6) is 0 Å². The standard InChI is InChI=1S/C13H14FNO2S2/c1-10(9-12-3-2-8-18-12)15-19(16,17)13-6-4-11(14)5-7-13/h2-8,10,15H,9H2,1H3. The predicted octanol–water partition coefficient (Wildman–Crippen LogP) is 2.80. The van der Waals surface area contributed by atoms with Gasteiger partial charge in [0.25, 0.3) is 0 Å². The van der Waals surface area contributed by atoms with E-state index in [1.807, 2.05) is 17.5 Å². The third-order valence-electron chi connectivity index (χ3n) is 2.57. The van der Waals surface area contributed by atoms with Gasteiger partial charge in [0.2, 0.25) is 10.0 Å². The quantitative estimate of drug-likeness (QED) is 0.923. The molecule has 1 N–H and O–H groups in total. The average molecular weight is 299 g/mol. The van der Waals surface area contributed by atoms with Gasteiger partial charge in [-0.1, -0.05) is 6.07 Å². The minimum Gasteiger partial charge on any atom is -0.208 e. The zero-order valence-corrected chi connectivity index (χ0v) is 12.0. The molecule has 0 saturated heterocycles. The maximum absolute atomic E-state index is 12.8. The zero-order chi connectivity index (χ0) is 13.9. The van der Waals surface area contributed by atoms with Crippen LogP contribution >= 0.6 is 11.3 Å². The average Bonchev–Trinajstić information content (AvgIpc) is 2.81. The van der Waals surface area contributed by atoms with Crippen molar-refractivity contribution >= 4 is 21.4 Å². The topological polar surface area (TPSA) is 46.2 Å². The fourth-order valence-electron chi connectivity index (χ4n) is 1.72. The number of thiophene rings is 1. The fraction of sp³-hybridized carbons (Fsp3) is 0.231. The lowest BCUT2D eigenvalue weighted by Crippen LogP contribution is -2.33. The van der Waals surface area contributed by atoms with Crippen LogP contribution in [0.1, 0.15) is 11.8 Å². The molecule has 0 fully saturated rings. The third kappa shape index (κ3) is 3.86.